The van der Waals surface area contributed by atoms with Crippen molar-refractivity contribution in [2.24, 2.45) is 0 Å². The molecule has 0 fully saturated rings. The number of halogens is 1. The van der Waals surface area contributed by atoms with Crippen molar-refractivity contribution in [2.75, 3.05) is 25.1 Å². The average Bonchev–Trinajstić information content (AvgIpc) is 2.63. The Labute approximate surface area is 163 Å². The van der Waals surface area contributed by atoms with E-state index < -0.39 is 0 Å². The third-order valence-electron chi connectivity index (χ3n) is 3.54. The summed E-state index contributed by atoms with van der Waals surface area (Å²) in [5, 5.41) is 6.46. The molecule has 0 radical (unpaired) electrons. The van der Waals surface area contributed by atoms with Crippen molar-refractivity contribution in [3.63, 3.8) is 0 Å². The zero-order valence-corrected chi connectivity index (χ0v) is 16.2. The Kier molecular flexibility index (Phi) is 7.84. The van der Waals surface area contributed by atoms with E-state index in [1.54, 1.807) is 30.3 Å². The van der Waals surface area contributed by atoms with Gasteiger partial charge in [-0.2, -0.15) is 0 Å². The van der Waals surface area contributed by atoms with Gasteiger partial charge in [-0.15, -0.1) is 0 Å². The highest BCUT2D eigenvalue weighted by molar-refractivity contribution is 7.80. The van der Waals surface area contributed by atoms with E-state index >= 15 is 0 Å². The SMILES string of the molecule is CCOCCOc1cccc(C(=O)NC(=S)Nc2cccc(Cl)c2C)c1. The fourth-order valence-corrected chi connectivity index (χ4v) is 2.54. The van der Waals surface area contributed by atoms with Gasteiger partial charge in [0.2, 0.25) is 0 Å². The Hall–Kier alpha value is -2.15. The minimum absolute atomic E-state index is 0.197. The van der Waals surface area contributed by atoms with Crippen molar-refractivity contribution >= 4 is 40.5 Å². The molecule has 0 spiro atoms. The highest BCUT2D eigenvalue weighted by atomic mass is 35.5. The standard InChI is InChI=1S/C19H21ClN2O3S/c1-3-24-10-11-25-15-7-4-6-14(12-15)18(23)22-19(26)21-17-9-5-8-16(20)13(17)2/h4-9,12H,3,10-11H2,1-2H3,(H2,21,22,23,26). The van der Waals surface area contributed by atoms with Crippen LogP contribution in [0.15, 0.2) is 42.5 Å². The van der Waals surface area contributed by atoms with Crippen LogP contribution in [-0.4, -0.2) is 30.8 Å². The first kappa shape index (κ1) is 20.2. The molecule has 0 atom stereocenters. The van der Waals surface area contributed by atoms with Gasteiger partial charge in [-0.1, -0.05) is 23.7 Å². The number of ether oxygens (including phenoxy) is 2. The number of carbonyl (C=O) groups is 1. The minimum Gasteiger partial charge on any atom is -0.491 e. The lowest BCUT2D eigenvalue weighted by Gasteiger charge is -2.13. The van der Waals surface area contributed by atoms with Gasteiger partial charge in [-0.25, -0.2) is 0 Å². The second-order valence-electron chi connectivity index (χ2n) is 5.39. The Morgan fingerprint density at radius 3 is 2.73 bits per heavy atom. The van der Waals surface area contributed by atoms with E-state index in [9.17, 15) is 4.79 Å². The largest absolute Gasteiger partial charge is 0.491 e. The summed E-state index contributed by atoms with van der Waals surface area (Å²) in [6, 6.07) is 12.3. The topological polar surface area (TPSA) is 59.6 Å². The lowest BCUT2D eigenvalue weighted by atomic mass is 10.2. The quantitative estimate of drug-likeness (QED) is 0.546. The van der Waals surface area contributed by atoms with E-state index in [2.05, 4.69) is 10.6 Å². The second-order valence-corrected chi connectivity index (χ2v) is 6.21. The molecule has 2 aromatic carbocycles. The van der Waals surface area contributed by atoms with Gasteiger partial charge in [0.25, 0.3) is 5.91 Å². The molecule has 2 aromatic rings. The smallest absolute Gasteiger partial charge is 0.257 e. The van der Waals surface area contributed by atoms with Crippen LogP contribution in [0.4, 0.5) is 5.69 Å². The number of amides is 1. The summed E-state index contributed by atoms with van der Waals surface area (Å²) in [4.78, 5) is 12.4. The van der Waals surface area contributed by atoms with Crippen molar-refractivity contribution in [2.45, 2.75) is 13.8 Å². The fraction of sp³-hybridized carbons (Fsp3) is 0.263. The van der Waals surface area contributed by atoms with Crippen LogP contribution in [0.3, 0.4) is 0 Å². The number of benzene rings is 2. The summed E-state index contributed by atoms with van der Waals surface area (Å²) >= 11 is 11.3. The first-order chi connectivity index (χ1) is 12.5. The highest BCUT2D eigenvalue weighted by Crippen LogP contribution is 2.22. The number of hydrogen-bond donors (Lipinski definition) is 2. The van der Waals surface area contributed by atoms with Crippen molar-refractivity contribution in [1.82, 2.24) is 5.32 Å². The molecule has 0 unspecified atom stereocenters. The summed E-state index contributed by atoms with van der Waals surface area (Å²) in [5.41, 5.74) is 2.05. The molecule has 0 bridgehead atoms. The number of thiocarbonyl (C=S) groups is 1. The first-order valence-corrected chi connectivity index (χ1v) is 8.98. The maximum atomic E-state index is 12.4. The van der Waals surface area contributed by atoms with Crippen molar-refractivity contribution < 1.29 is 14.3 Å². The molecule has 0 heterocycles. The molecular weight excluding hydrogens is 372 g/mol. The molecule has 0 saturated carbocycles. The van der Waals surface area contributed by atoms with Crippen LogP contribution in [0.5, 0.6) is 5.75 Å². The third-order valence-corrected chi connectivity index (χ3v) is 4.15. The van der Waals surface area contributed by atoms with Crippen LogP contribution in [0.25, 0.3) is 0 Å². The Morgan fingerprint density at radius 1 is 1.19 bits per heavy atom. The summed E-state index contributed by atoms with van der Waals surface area (Å²) in [6.07, 6.45) is 0. The molecule has 2 N–H and O–H groups in total. The van der Waals surface area contributed by atoms with E-state index in [4.69, 9.17) is 33.3 Å². The molecule has 0 aromatic heterocycles. The summed E-state index contributed by atoms with van der Waals surface area (Å²) in [5.74, 6) is 0.277. The molecule has 0 saturated heterocycles. The lowest BCUT2D eigenvalue weighted by molar-refractivity contribution is 0.0976. The van der Waals surface area contributed by atoms with Gasteiger partial charge in [-0.05, 0) is 62.0 Å². The molecule has 5 nitrogen and oxygen atoms in total. The number of hydrogen-bond acceptors (Lipinski definition) is 4. The molecule has 26 heavy (non-hydrogen) atoms. The summed E-state index contributed by atoms with van der Waals surface area (Å²) in [6.45, 7) is 5.36. The molecule has 2 rings (SSSR count). The van der Waals surface area contributed by atoms with Crippen LogP contribution in [0.2, 0.25) is 5.02 Å². The van der Waals surface area contributed by atoms with Crippen molar-refractivity contribution in [1.29, 1.82) is 0 Å². The number of carbonyl (C=O) groups excluding carboxylic acids is 1. The molecule has 7 heteroatoms. The predicted molar refractivity (Wildman–Crippen MR) is 108 cm³/mol. The molecular formula is C19H21ClN2O3S. The van der Waals surface area contributed by atoms with E-state index in [1.165, 1.54) is 0 Å². The zero-order valence-electron chi connectivity index (χ0n) is 14.7. The highest BCUT2D eigenvalue weighted by Gasteiger charge is 2.10. The maximum absolute atomic E-state index is 12.4. The van der Waals surface area contributed by atoms with Crippen molar-refractivity contribution in [3.8, 4) is 5.75 Å². The molecule has 0 aliphatic heterocycles. The molecule has 138 valence electrons. The number of anilines is 1. The lowest BCUT2D eigenvalue weighted by Crippen LogP contribution is -2.34. The van der Waals surface area contributed by atoms with Crippen LogP contribution >= 0.6 is 23.8 Å². The third kappa shape index (κ3) is 5.98. The van der Waals surface area contributed by atoms with Gasteiger partial charge >= 0.3 is 0 Å². The van der Waals surface area contributed by atoms with Gasteiger partial charge < -0.3 is 14.8 Å². The Bertz CT molecular complexity index is 783. The zero-order chi connectivity index (χ0) is 18.9. The van der Waals surface area contributed by atoms with Gasteiger partial charge in [-0.3, -0.25) is 10.1 Å². The number of nitrogens with one attached hydrogen (secondary N) is 2. The summed E-state index contributed by atoms with van der Waals surface area (Å²) < 4.78 is 10.8. The van der Waals surface area contributed by atoms with Crippen LogP contribution < -0.4 is 15.4 Å². The van der Waals surface area contributed by atoms with Crippen molar-refractivity contribution in [3.05, 3.63) is 58.6 Å². The molecule has 1 amide bonds. The maximum Gasteiger partial charge on any atom is 0.257 e. The molecule has 0 aliphatic carbocycles. The van der Waals surface area contributed by atoms with Crippen LogP contribution in [0, 0.1) is 6.92 Å². The van der Waals surface area contributed by atoms with E-state index in [0.717, 1.165) is 11.3 Å². The van der Waals surface area contributed by atoms with Crippen LogP contribution in [0.1, 0.15) is 22.8 Å². The Balaban J connectivity index is 1.94. The van der Waals surface area contributed by atoms with Gasteiger partial charge in [0.05, 0.1) is 6.61 Å². The van der Waals surface area contributed by atoms with Gasteiger partial charge in [0, 0.05) is 22.9 Å². The Morgan fingerprint density at radius 2 is 1.96 bits per heavy atom. The first-order valence-electron chi connectivity index (χ1n) is 8.19. The number of rotatable bonds is 7. The van der Waals surface area contributed by atoms with Crippen LogP contribution in [-0.2, 0) is 4.74 Å². The molecule has 0 aliphatic rings. The monoisotopic (exact) mass is 392 g/mol. The van der Waals surface area contributed by atoms with E-state index in [-0.39, 0.29) is 11.0 Å². The fourth-order valence-electron chi connectivity index (χ4n) is 2.16. The normalized spacial score (nSPS) is 10.3. The predicted octanol–water partition coefficient (Wildman–Crippen LogP) is 4.19. The second kappa shape index (κ2) is 10.1. The minimum atomic E-state index is -0.322. The van der Waals surface area contributed by atoms with E-state index in [0.29, 0.717) is 36.2 Å². The summed E-state index contributed by atoms with van der Waals surface area (Å²) in [7, 11) is 0. The van der Waals surface area contributed by atoms with Gasteiger partial charge in [0.1, 0.15) is 12.4 Å². The van der Waals surface area contributed by atoms with Gasteiger partial charge in [0.15, 0.2) is 5.11 Å². The average molecular weight is 393 g/mol. The van der Waals surface area contributed by atoms with E-state index in [1.807, 2.05) is 26.0 Å².